The summed E-state index contributed by atoms with van der Waals surface area (Å²) in [5.41, 5.74) is 6.72. The highest BCUT2D eigenvalue weighted by Gasteiger charge is 2.25. The van der Waals surface area contributed by atoms with Crippen molar-refractivity contribution in [3.8, 4) is 11.3 Å². The lowest BCUT2D eigenvalue weighted by molar-refractivity contribution is 0.482. The molecule has 30 heavy (non-hydrogen) atoms. The Labute approximate surface area is 181 Å². The number of benzene rings is 2. The molecular formula is C27H33NOSi. The second kappa shape index (κ2) is 7.70. The zero-order valence-electron chi connectivity index (χ0n) is 19.3. The van der Waals surface area contributed by atoms with Crippen LogP contribution in [0.15, 0.2) is 53.1 Å². The van der Waals surface area contributed by atoms with Crippen LogP contribution in [0.2, 0.25) is 19.6 Å². The summed E-state index contributed by atoms with van der Waals surface area (Å²) in [4.78, 5) is 4.92. The Balaban J connectivity index is 1.95. The minimum atomic E-state index is -1.54. The van der Waals surface area contributed by atoms with Crippen LogP contribution in [0.5, 0.6) is 0 Å². The summed E-state index contributed by atoms with van der Waals surface area (Å²) < 4.78 is 6.43. The van der Waals surface area contributed by atoms with Crippen LogP contribution >= 0.6 is 0 Å². The molecule has 0 radical (unpaired) electrons. The molecule has 0 N–H and O–H groups in total. The molecule has 0 saturated carbocycles. The molecule has 3 heteroatoms. The minimum absolute atomic E-state index is 0.548. The summed E-state index contributed by atoms with van der Waals surface area (Å²) >= 11 is 0. The first-order chi connectivity index (χ1) is 14.2. The first-order valence-electron chi connectivity index (χ1n) is 11.1. The van der Waals surface area contributed by atoms with Gasteiger partial charge in [-0.15, -0.1) is 0 Å². The molecule has 0 saturated heterocycles. The van der Waals surface area contributed by atoms with E-state index < -0.39 is 8.07 Å². The van der Waals surface area contributed by atoms with Gasteiger partial charge in [-0.1, -0.05) is 64.7 Å². The van der Waals surface area contributed by atoms with Gasteiger partial charge in [0.15, 0.2) is 0 Å². The van der Waals surface area contributed by atoms with Crippen LogP contribution in [-0.4, -0.2) is 13.1 Å². The Kier molecular flexibility index (Phi) is 5.35. The fourth-order valence-corrected chi connectivity index (χ4v) is 6.39. The monoisotopic (exact) mass is 415 g/mol. The maximum atomic E-state index is 6.43. The number of furan rings is 1. The topological polar surface area (TPSA) is 26.0 Å². The smallest absolute Gasteiger partial charge is 0.144 e. The van der Waals surface area contributed by atoms with Gasteiger partial charge in [0.2, 0.25) is 0 Å². The number of aryl methyl sites for hydroxylation is 1. The minimum Gasteiger partial charge on any atom is -0.455 e. The van der Waals surface area contributed by atoms with Crippen LogP contribution in [0, 0.1) is 12.8 Å². The number of rotatable bonds is 5. The Morgan fingerprint density at radius 3 is 2.40 bits per heavy atom. The predicted molar refractivity (Wildman–Crippen MR) is 133 cm³/mol. The summed E-state index contributed by atoms with van der Waals surface area (Å²) in [6.45, 7) is 16.3. The van der Waals surface area contributed by atoms with Crippen LogP contribution in [0.1, 0.15) is 44.2 Å². The molecule has 0 aliphatic carbocycles. The second-order valence-corrected chi connectivity index (χ2v) is 14.9. The molecule has 0 amide bonds. The van der Waals surface area contributed by atoms with E-state index in [2.05, 4.69) is 89.9 Å². The molecule has 4 rings (SSSR count). The van der Waals surface area contributed by atoms with E-state index in [1.807, 2.05) is 6.07 Å². The summed E-state index contributed by atoms with van der Waals surface area (Å²) in [5.74, 6) is 1.16. The van der Waals surface area contributed by atoms with Crippen LogP contribution in [0.4, 0.5) is 0 Å². The van der Waals surface area contributed by atoms with Gasteiger partial charge in [-0.3, -0.25) is 4.98 Å². The molecule has 0 spiro atoms. The second-order valence-electron chi connectivity index (χ2n) is 9.90. The fraction of sp³-hybridized carbons (Fsp3) is 0.370. The number of aromatic nitrogens is 1. The van der Waals surface area contributed by atoms with Gasteiger partial charge in [-0.05, 0) is 59.7 Å². The number of pyridine rings is 1. The average Bonchev–Trinajstić information content (AvgIpc) is 3.07. The van der Waals surface area contributed by atoms with E-state index in [-0.39, 0.29) is 0 Å². The SMILES string of the molecule is CCC(c1cnc(-c2ccc([Si](C)(C)C)c3c2oc2ccccc23)cc1C)C(C)C. The molecule has 4 aromatic rings. The number of para-hydroxylation sites is 1. The highest BCUT2D eigenvalue weighted by molar-refractivity contribution is 6.90. The molecule has 156 valence electrons. The van der Waals surface area contributed by atoms with Gasteiger partial charge in [-0.2, -0.15) is 0 Å². The molecule has 0 aliphatic rings. The number of fused-ring (bicyclic) bond motifs is 3. The molecule has 2 heterocycles. The normalized spacial score (nSPS) is 13.5. The molecule has 0 fully saturated rings. The van der Waals surface area contributed by atoms with Crippen molar-refractivity contribution in [2.75, 3.05) is 0 Å². The van der Waals surface area contributed by atoms with Gasteiger partial charge in [0.25, 0.3) is 0 Å². The fourth-order valence-electron chi connectivity index (χ4n) is 4.81. The highest BCUT2D eigenvalue weighted by Crippen LogP contribution is 2.37. The van der Waals surface area contributed by atoms with Crippen LogP contribution in [-0.2, 0) is 0 Å². The molecule has 2 aromatic heterocycles. The molecule has 2 nitrogen and oxygen atoms in total. The Morgan fingerprint density at radius 1 is 1.03 bits per heavy atom. The number of nitrogens with zero attached hydrogens (tertiary/aromatic N) is 1. The van der Waals surface area contributed by atoms with E-state index in [1.165, 1.54) is 27.1 Å². The Morgan fingerprint density at radius 2 is 1.77 bits per heavy atom. The molecule has 0 bridgehead atoms. The zero-order chi connectivity index (χ0) is 21.6. The average molecular weight is 416 g/mol. The van der Waals surface area contributed by atoms with Crippen molar-refractivity contribution in [1.82, 2.24) is 4.98 Å². The van der Waals surface area contributed by atoms with Crippen molar-refractivity contribution in [3.63, 3.8) is 0 Å². The Hall–Kier alpha value is -2.39. The van der Waals surface area contributed by atoms with Crippen molar-refractivity contribution >= 4 is 35.2 Å². The van der Waals surface area contributed by atoms with E-state index in [0.717, 1.165) is 28.8 Å². The predicted octanol–water partition coefficient (Wildman–Crippen LogP) is 7.65. The van der Waals surface area contributed by atoms with Crippen LogP contribution in [0.25, 0.3) is 33.2 Å². The lowest BCUT2D eigenvalue weighted by atomic mass is 9.85. The number of hydrogen-bond donors (Lipinski definition) is 0. The van der Waals surface area contributed by atoms with E-state index >= 15 is 0 Å². The van der Waals surface area contributed by atoms with E-state index in [4.69, 9.17) is 9.40 Å². The Bertz CT molecular complexity index is 1210. The number of hydrogen-bond acceptors (Lipinski definition) is 2. The quantitative estimate of drug-likeness (QED) is 0.313. The summed E-state index contributed by atoms with van der Waals surface area (Å²) in [6.07, 6.45) is 3.23. The summed E-state index contributed by atoms with van der Waals surface area (Å²) in [7, 11) is -1.54. The van der Waals surface area contributed by atoms with Gasteiger partial charge in [-0.25, -0.2) is 0 Å². The van der Waals surface area contributed by atoms with Gasteiger partial charge >= 0.3 is 0 Å². The van der Waals surface area contributed by atoms with Crippen molar-refractivity contribution in [3.05, 3.63) is 59.8 Å². The van der Waals surface area contributed by atoms with Crippen molar-refractivity contribution < 1.29 is 4.42 Å². The summed E-state index contributed by atoms with van der Waals surface area (Å²) in [5, 5.41) is 3.94. The zero-order valence-corrected chi connectivity index (χ0v) is 20.3. The maximum Gasteiger partial charge on any atom is 0.144 e. The van der Waals surface area contributed by atoms with Gasteiger partial charge in [0.1, 0.15) is 11.2 Å². The molecule has 1 unspecified atom stereocenters. The molecule has 1 atom stereocenters. The first kappa shape index (κ1) is 20.9. The lowest BCUT2D eigenvalue weighted by Gasteiger charge is -2.22. The van der Waals surface area contributed by atoms with E-state index in [1.54, 1.807) is 0 Å². The van der Waals surface area contributed by atoms with E-state index in [0.29, 0.717) is 11.8 Å². The standard InChI is InChI=1S/C27H33NOSi/c1-8-19(17(2)3)22-16-28-23(15-18(22)4)20-13-14-25(30(5,6)7)26-21-11-9-10-12-24(21)29-27(20)26/h9-17,19H,8H2,1-7H3. The van der Waals surface area contributed by atoms with Gasteiger partial charge in [0, 0.05) is 22.5 Å². The summed E-state index contributed by atoms with van der Waals surface area (Å²) in [6, 6.07) is 15.2. The molecule has 0 aliphatic heterocycles. The maximum absolute atomic E-state index is 6.43. The van der Waals surface area contributed by atoms with Gasteiger partial charge in [0.05, 0.1) is 13.8 Å². The van der Waals surface area contributed by atoms with Gasteiger partial charge < -0.3 is 4.42 Å². The van der Waals surface area contributed by atoms with Crippen molar-refractivity contribution in [2.45, 2.75) is 59.7 Å². The first-order valence-corrected chi connectivity index (χ1v) is 14.6. The third-order valence-corrected chi connectivity index (χ3v) is 8.44. The van der Waals surface area contributed by atoms with E-state index in [9.17, 15) is 0 Å². The highest BCUT2D eigenvalue weighted by atomic mass is 28.3. The molecular weight excluding hydrogens is 382 g/mol. The third kappa shape index (κ3) is 3.49. The van der Waals surface area contributed by atoms with Crippen molar-refractivity contribution in [1.29, 1.82) is 0 Å². The largest absolute Gasteiger partial charge is 0.455 e. The molecule has 2 aromatic carbocycles. The van der Waals surface area contributed by atoms with Crippen LogP contribution in [0.3, 0.4) is 0 Å². The van der Waals surface area contributed by atoms with Crippen LogP contribution < -0.4 is 5.19 Å². The third-order valence-electron chi connectivity index (χ3n) is 6.41. The van der Waals surface area contributed by atoms with Crippen molar-refractivity contribution in [2.24, 2.45) is 5.92 Å². The lowest BCUT2D eigenvalue weighted by Crippen LogP contribution is -2.37.